The lowest BCUT2D eigenvalue weighted by molar-refractivity contribution is -0.384. The molecule has 0 amide bonds. The molecule has 1 aromatic rings. The molecule has 0 bridgehead atoms. The summed E-state index contributed by atoms with van der Waals surface area (Å²) in [6.07, 6.45) is 4.80. The van der Waals surface area contributed by atoms with Crippen molar-refractivity contribution < 1.29 is 4.92 Å². The number of nitrogens with zero attached hydrogens (tertiary/aromatic N) is 1. The smallest absolute Gasteiger partial charge is 0.273 e. The van der Waals surface area contributed by atoms with Crippen LogP contribution >= 0.6 is 0 Å². The Balaban J connectivity index is 2.23. The van der Waals surface area contributed by atoms with Crippen molar-refractivity contribution in [3.63, 3.8) is 0 Å². The molecular weight excluding hydrogens is 266 g/mol. The van der Waals surface area contributed by atoms with Gasteiger partial charge in [0.15, 0.2) is 0 Å². The molecule has 116 valence electrons. The summed E-state index contributed by atoms with van der Waals surface area (Å²) >= 11 is 0. The monoisotopic (exact) mass is 291 g/mol. The van der Waals surface area contributed by atoms with Gasteiger partial charge in [0.05, 0.1) is 4.92 Å². The zero-order valence-electron chi connectivity index (χ0n) is 13.1. The lowest BCUT2D eigenvalue weighted by Gasteiger charge is -2.39. The summed E-state index contributed by atoms with van der Waals surface area (Å²) in [5, 5.41) is 17.8. The Morgan fingerprint density at radius 2 is 2.00 bits per heavy atom. The molecule has 1 aromatic carbocycles. The number of rotatable bonds is 5. The fourth-order valence-corrected chi connectivity index (χ4v) is 3.07. The van der Waals surface area contributed by atoms with E-state index in [9.17, 15) is 10.1 Å². The predicted molar refractivity (Wildman–Crippen MR) is 86.9 cm³/mol. The van der Waals surface area contributed by atoms with E-state index in [-0.39, 0.29) is 16.0 Å². The number of nitro groups is 1. The molecule has 0 saturated heterocycles. The van der Waals surface area contributed by atoms with E-state index in [2.05, 4.69) is 24.5 Å². The summed E-state index contributed by atoms with van der Waals surface area (Å²) in [5.41, 5.74) is 1.98. The standard InChI is InChI=1S/C16H25N3O2/c1-4-17-12-9-13(11-14(10-12)19(20)21)18-15-7-5-6-8-16(15,2)3/h9-11,15,17-18H,4-8H2,1-3H3. The molecule has 1 unspecified atom stereocenters. The molecule has 0 spiro atoms. The van der Waals surface area contributed by atoms with Crippen LogP contribution in [0.15, 0.2) is 18.2 Å². The fraction of sp³-hybridized carbons (Fsp3) is 0.625. The van der Waals surface area contributed by atoms with Gasteiger partial charge in [-0.1, -0.05) is 26.7 Å². The third kappa shape index (κ3) is 3.86. The Labute approximate surface area is 126 Å². The number of hydrogen-bond donors (Lipinski definition) is 2. The minimum absolute atomic E-state index is 0.129. The molecule has 2 N–H and O–H groups in total. The molecule has 0 aromatic heterocycles. The highest BCUT2D eigenvalue weighted by Gasteiger charge is 2.32. The summed E-state index contributed by atoms with van der Waals surface area (Å²) in [6.45, 7) is 7.27. The first kappa shape index (κ1) is 15.6. The van der Waals surface area contributed by atoms with Crippen molar-refractivity contribution >= 4 is 17.1 Å². The van der Waals surface area contributed by atoms with Crippen molar-refractivity contribution in [2.24, 2.45) is 5.41 Å². The van der Waals surface area contributed by atoms with Gasteiger partial charge in [-0.25, -0.2) is 0 Å². The van der Waals surface area contributed by atoms with Gasteiger partial charge in [-0.2, -0.15) is 0 Å². The first-order valence-corrected chi connectivity index (χ1v) is 7.72. The van der Waals surface area contributed by atoms with Crippen LogP contribution in [0.5, 0.6) is 0 Å². The third-order valence-corrected chi connectivity index (χ3v) is 4.36. The van der Waals surface area contributed by atoms with E-state index in [0.29, 0.717) is 6.04 Å². The highest BCUT2D eigenvalue weighted by molar-refractivity contribution is 5.63. The van der Waals surface area contributed by atoms with Crippen molar-refractivity contribution in [2.75, 3.05) is 17.2 Å². The maximum absolute atomic E-state index is 11.1. The minimum atomic E-state index is -0.335. The van der Waals surface area contributed by atoms with Crippen LogP contribution in [0, 0.1) is 15.5 Å². The summed E-state index contributed by atoms with van der Waals surface area (Å²) in [5.74, 6) is 0. The number of anilines is 2. The van der Waals surface area contributed by atoms with Gasteiger partial charge in [-0.05, 0) is 31.2 Å². The molecule has 0 aliphatic heterocycles. The number of nitrogens with one attached hydrogen (secondary N) is 2. The van der Waals surface area contributed by atoms with E-state index in [1.54, 1.807) is 12.1 Å². The quantitative estimate of drug-likeness (QED) is 0.623. The fourth-order valence-electron chi connectivity index (χ4n) is 3.07. The number of benzene rings is 1. The highest BCUT2D eigenvalue weighted by atomic mass is 16.6. The van der Waals surface area contributed by atoms with E-state index in [1.807, 2.05) is 13.0 Å². The average Bonchev–Trinajstić information content (AvgIpc) is 2.41. The van der Waals surface area contributed by atoms with Gasteiger partial charge in [0, 0.05) is 36.1 Å². The number of nitro benzene ring substituents is 1. The molecule has 0 radical (unpaired) electrons. The van der Waals surface area contributed by atoms with E-state index in [0.717, 1.165) is 24.3 Å². The zero-order valence-corrected chi connectivity index (χ0v) is 13.1. The normalized spacial score (nSPS) is 20.8. The molecule has 1 fully saturated rings. The van der Waals surface area contributed by atoms with Crippen molar-refractivity contribution in [3.8, 4) is 0 Å². The molecule has 5 heteroatoms. The second-order valence-corrected chi connectivity index (χ2v) is 6.49. The summed E-state index contributed by atoms with van der Waals surface area (Å²) in [6, 6.07) is 5.54. The van der Waals surface area contributed by atoms with Crippen molar-refractivity contribution in [1.29, 1.82) is 0 Å². The first-order chi connectivity index (χ1) is 9.92. The summed E-state index contributed by atoms with van der Waals surface area (Å²) in [7, 11) is 0. The Morgan fingerprint density at radius 3 is 2.62 bits per heavy atom. The molecule has 0 heterocycles. The molecule has 1 saturated carbocycles. The Kier molecular flexibility index (Phi) is 4.70. The molecule has 21 heavy (non-hydrogen) atoms. The lowest BCUT2D eigenvalue weighted by Crippen LogP contribution is -2.38. The van der Waals surface area contributed by atoms with E-state index in [4.69, 9.17) is 0 Å². The lowest BCUT2D eigenvalue weighted by atomic mass is 9.73. The van der Waals surface area contributed by atoms with Crippen molar-refractivity contribution in [1.82, 2.24) is 0 Å². The van der Waals surface area contributed by atoms with Crippen LogP contribution in [0.25, 0.3) is 0 Å². The second-order valence-electron chi connectivity index (χ2n) is 6.49. The molecule has 1 atom stereocenters. The maximum atomic E-state index is 11.1. The van der Waals surface area contributed by atoms with Gasteiger partial charge in [0.2, 0.25) is 0 Å². The number of hydrogen-bond acceptors (Lipinski definition) is 4. The van der Waals surface area contributed by atoms with Crippen molar-refractivity contribution in [3.05, 3.63) is 28.3 Å². The largest absolute Gasteiger partial charge is 0.385 e. The minimum Gasteiger partial charge on any atom is -0.385 e. The van der Waals surface area contributed by atoms with Gasteiger partial charge in [-0.3, -0.25) is 10.1 Å². The zero-order chi connectivity index (χ0) is 15.5. The van der Waals surface area contributed by atoms with Crippen molar-refractivity contribution in [2.45, 2.75) is 52.5 Å². The van der Waals surface area contributed by atoms with Crippen LogP contribution in [0.2, 0.25) is 0 Å². The van der Waals surface area contributed by atoms with Crippen LogP contribution in [-0.2, 0) is 0 Å². The van der Waals surface area contributed by atoms with Crippen LogP contribution in [-0.4, -0.2) is 17.5 Å². The van der Waals surface area contributed by atoms with E-state index >= 15 is 0 Å². The Bertz CT molecular complexity index is 514. The van der Waals surface area contributed by atoms with Gasteiger partial charge < -0.3 is 10.6 Å². The predicted octanol–water partition coefficient (Wildman–Crippen LogP) is 4.41. The molecular formula is C16H25N3O2. The third-order valence-electron chi connectivity index (χ3n) is 4.36. The van der Waals surface area contributed by atoms with Crippen LogP contribution in [0.3, 0.4) is 0 Å². The summed E-state index contributed by atoms with van der Waals surface area (Å²) in [4.78, 5) is 10.7. The first-order valence-electron chi connectivity index (χ1n) is 7.72. The molecule has 1 aliphatic carbocycles. The SMILES string of the molecule is CCNc1cc(NC2CCCCC2(C)C)cc([N+](=O)[O-])c1. The highest BCUT2D eigenvalue weighted by Crippen LogP contribution is 2.38. The maximum Gasteiger partial charge on any atom is 0.273 e. The number of non-ortho nitro benzene ring substituents is 1. The topological polar surface area (TPSA) is 67.2 Å². The molecule has 5 nitrogen and oxygen atoms in total. The van der Waals surface area contributed by atoms with Gasteiger partial charge in [-0.15, -0.1) is 0 Å². The Morgan fingerprint density at radius 1 is 1.29 bits per heavy atom. The average molecular weight is 291 g/mol. The van der Waals surface area contributed by atoms with Gasteiger partial charge in [0.1, 0.15) is 0 Å². The van der Waals surface area contributed by atoms with Gasteiger partial charge in [0.25, 0.3) is 5.69 Å². The van der Waals surface area contributed by atoms with Gasteiger partial charge >= 0.3 is 0 Å². The molecule has 2 rings (SSSR count). The molecule has 1 aliphatic rings. The van der Waals surface area contributed by atoms with E-state index < -0.39 is 0 Å². The van der Waals surface area contributed by atoms with Crippen LogP contribution in [0.4, 0.5) is 17.1 Å². The van der Waals surface area contributed by atoms with E-state index in [1.165, 1.54) is 19.3 Å². The summed E-state index contributed by atoms with van der Waals surface area (Å²) < 4.78 is 0. The van der Waals surface area contributed by atoms with Crippen LogP contribution in [0.1, 0.15) is 46.5 Å². The second kappa shape index (κ2) is 6.33. The Hall–Kier alpha value is -1.78. The van der Waals surface area contributed by atoms with Crippen LogP contribution < -0.4 is 10.6 Å².